The van der Waals surface area contributed by atoms with Gasteiger partial charge in [0.1, 0.15) is 0 Å². The smallest absolute Gasteiger partial charge is 0.200 e. The van der Waals surface area contributed by atoms with Crippen LogP contribution in [0.3, 0.4) is 0 Å². The van der Waals surface area contributed by atoms with E-state index >= 15 is 0 Å². The molecule has 0 unspecified atom stereocenters. The van der Waals surface area contributed by atoms with Crippen molar-refractivity contribution < 1.29 is 14.6 Å². The third-order valence-corrected chi connectivity index (χ3v) is 4.50. The second-order valence-corrected chi connectivity index (χ2v) is 6.55. The molecule has 0 amide bonds. The number of benzene rings is 1. The van der Waals surface area contributed by atoms with Crippen molar-refractivity contribution in [2.45, 2.75) is 32.7 Å². The van der Waals surface area contributed by atoms with Crippen molar-refractivity contribution in [2.75, 3.05) is 40.4 Å². The molecular formula is C18H32Cl2N2O3. The third kappa shape index (κ3) is 6.41. The maximum absolute atomic E-state index is 10.1. The molecule has 1 aromatic carbocycles. The van der Waals surface area contributed by atoms with E-state index in [0.29, 0.717) is 23.5 Å². The first-order valence-electron chi connectivity index (χ1n) is 8.46. The minimum absolute atomic E-state index is 0. The number of ether oxygens (including phenoxy) is 2. The number of nitrogens with zero attached hydrogens (tertiary/aromatic N) is 1. The van der Waals surface area contributed by atoms with Gasteiger partial charge in [0.2, 0.25) is 5.75 Å². The van der Waals surface area contributed by atoms with Crippen LogP contribution in [0.1, 0.15) is 38.3 Å². The van der Waals surface area contributed by atoms with Crippen LogP contribution in [0, 0.1) is 5.92 Å². The largest absolute Gasteiger partial charge is 0.502 e. The van der Waals surface area contributed by atoms with Crippen molar-refractivity contribution in [2.24, 2.45) is 5.92 Å². The minimum Gasteiger partial charge on any atom is -0.502 e. The van der Waals surface area contributed by atoms with Crippen LogP contribution in [0.5, 0.6) is 17.2 Å². The number of hydrogen-bond acceptors (Lipinski definition) is 5. The fraction of sp³-hybridized carbons (Fsp3) is 0.667. The van der Waals surface area contributed by atoms with Gasteiger partial charge in [-0.15, -0.1) is 24.8 Å². The van der Waals surface area contributed by atoms with Gasteiger partial charge in [-0.2, -0.15) is 0 Å². The summed E-state index contributed by atoms with van der Waals surface area (Å²) in [5.74, 6) is 1.69. The Bertz CT molecular complexity index is 484. The van der Waals surface area contributed by atoms with E-state index in [1.54, 1.807) is 14.2 Å². The second-order valence-electron chi connectivity index (χ2n) is 6.55. The zero-order chi connectivity index (χ0) is 16.8. The second kappa shape index (κ2) is 11.7. The summed E-state index contributed by atoms with van der Waals surface area (Å²) in [5, 5.41) is 13.6. The van der Waals surface area contributed by atoms with Gasteiger partial charge in [-0.3, -0.25) is 4.90 Å². The van der Waals surface area contributed by atoms with E-state index in [1.165, 1.54) is 6.42 Å². The van der Waals surface area contributed by atoms with Gasteiger partial charge in [0.25, 0.3) is 0 Å². The molecule has 0 saturated carbocycles. The first-order valence-corrected chi connectivity index (χ1v) is 8.46. The molecule has 1 atom stereocenters. The summed E-state index contributed by atoms with van der Waals surface area (Å²) in [6.07, 6.45) is 2.26. The summed E-state index contributed by atoms with van der Waals surface area (Å²) in [6.45, 7) is 8.62. The molecule has 0 radical (unpaired) electrons. The fourth-order valence-electron chi connectivity index (χ4n) is 3.15. The Morgan fingerprint density at radius 2 is 1.56 bits per heavy atom. The van der Waals surface area contributed by atoms with Gasteiger partial charge in [-0.25, -0.2) is 0 Å². The SMILES string of the molecule is COc1cc([C@@H](CCC(C)C)N2CCNCC2)cc(OC)c1O.Cl.Cl. The lowest BCUT2D eigenvalue weighted by Gasteiger charge is -2.36. The molecule has 1 aromatic rings. The number of phenols is 1. The standard InChI is InChI=1S/C18H30N2O3.2ClH/c1-13(2)5-6-15(20-9-7-19-8-10-20)14-11-16(22-3)18(21)17(12-14)23-4;;/h11-13,15,19,21H,5-10H2,1-4H3;2*1H/t15-;;/m1../s1. The average molecular weight is 395 g/mol. The zero-order valence-corrected chi connectivity index (χ0v) is 17.2. The van der Waals surface area contributed by atoms with E-state index in [9.17, 15) is 5.11 Å². The van der Waals surface area contributed by atoms with E-state index < -0.39 is 0 Å². The molecule has 146 valence electrons. The Hall–Kier alpha value is -0.880. The van der Waals surface area contributed by atoms with Gasteiger partial charge in [-0.05, 0) is 36.5 Å². The van der Waals surface area contributed by atoms with Crippen molar-refractivity contribution in [3.8, 4) is 17.2 Å². The molecule has 25 heavy (non-hydrogen) atoms. The Morgan fingerprint density at radius 1 is 1.04 bits per heavy atom. The molecule has 1 aliphatic rings. The molecule has 1 heterocycles. The molecule has 5 nitrogen and oxygen atoms in total. The lowest BCUT2D eigenvalue weighted by atomic mass is 9.95. The number of methoxy groups -OCH3 is 2. The number of nitrogens with one attached hydrogen (secondary N) is 1. The Labute approximate surface area is 163 Å². The quantitative estimate of drug-likeness (QED) is 0.739. The number of hydrogen-bond donors (Lipinski definition) is 2. The molecule has 0 aromatic heterocycles. The van der Waals surface area contributed by atoms with Gasteiger partial charge in [0.15, 0.2) is 11.5 Å². The fourth-order valence-corrected chi connectivity index (χ4v) is 3.15. The summed E-state index contributed by atoms with van der Waals surface area (Å²) in [6, 6.07) is 4.22. The van der Waals surface area contributed by atoms with Crippen molar-refractivity contribution in [3.05, 3.63) is 17.7 Å². The van der Waals surface area contributed by atoms with Crippen LogP contribution in [0.25, 0.3) is 0 Å². The van der Waals surface area contributed by atoms with Gasteiger partial charge in [-0.1, -0.05) is 13.8 Å². The molecule has 1 fully saturated rings. The van der Waals surface area contributed by atoms with E-state index in [4.69, 9.17) is 9.47 Å². The highest BCUT2D eigenvalue weighted by atomic mass is 35.5. The lowest BCUT2D eigenvalue weighted by Crippen LogP contribution is -2.45. The molecule has 1 aliphatic heterocycles. The maximum Gasteiger partial charge on any atom is 0.200 e. The van der Waals surface area contributed by atoms with Gasteiger partial charge in [0.05, 0.1) is 14.2 Å². The zero-order valence-electron chi connectivity index (χ0n) is 15.6. The molecular weight excluding hydrogens is 363 g/mol. The van der Waals surface area contributed by atoms with Crippen molar-refractivity contribution >= 4 is 24.8 Å². The highest BCUT2D eigenvalue weighted by Gasteiger charge is 2.24. The Kier molecular flexibility index (Phi) is 11.3. The summed E-state index contributed by atoms with van der Waals surface area (Å²) in [7, 11) is 3.15. The van der Waals surface area contributed by atoms with Gasteiger partial charge >= 0.3 is 0 Å². The van der Waals surface area contributed by atoms with E-state index in [2.05, 4.69) is 24.1 Å². The Balaban J connectivity index is 0.00000288. The number of piperazine rings is 1. The number of phenolic OH excluding ortho intramolecular Hbond substituents is 1. The van der Waals surface area contributed by atoms with Crippen molar-refractivity contribution in [1.29, 1.82) is 0 Å². The maximum atomic E-state index is 10.1. The highest BCUT2D eigenvalue weighted by molar-refractivity contribution is 5.85. The summed E-state index contributed by atoms with van der Waals surface area (Å²) in [4.78, 5) is 2.52. The molecule has 7 heteroatoms. The van der Waals surface area contributed by atoms with Crippen LogP contribution < -0.4 is 14.8 Å². The molecule has 2 rings (SSSR count). The van der Waals surface area contributed by atoms with Crippen molar-refractivity contribution in [3.63, 3.8) is 0 Å². The molecule has 2 N–H and O–H groups in total. The third-order valence-electron chi connectivity index (χ3n) is 4.50. The van der Waals surface area contributed by atoms with Crippen LogP contribution in [0.15, 0.2) is 12.1 Å². The topological polar surface area (TPSA) is 54.0 Å². The molecule has 0 bridgehead atoms. The number of halogens is 2. The van der Waals surface area contributed by atoms with Gasteiger partial charge in [0, 0.05) is 32.2 Å². The monoisotopic (exact) mass is 394 g/mol. The number of aromatic hydroxyl groups is 1. The molecule has 0 aliphatic carbocycles. The van der Waals surface area contributed by atoms with E-state index in [0.717, 1.165) is 38.2 Å². The number of rotatable bonds is 7. The van der Waals surface area contributed by atoms with E-state index in [-0.39, 0.29) is 30.6 Å². The average Bonchev–Trinajstić information content (AvgIpc) is 2.56. The van der Waals surface area contributed by atoms with E-state index in [1.807, 2.05) is 12.1 Å². The van der Waals surface area contributed by atoms with Crippen LogP contribution in [-0.4, -0.2) is 50.4 Å². The lowest BCUT2D eigenvalue weighted by molar-refractivity contribution is 0.159. The van der Waals surface area contributed by atoms with Crippen molar-refractivity contribution in [1.82, 2.24) is 10.2 Å². The molecule has 0 spiro atoms. The highest BCUT2D eigenvalue weighted by Crippen LogP contribution is 2.41. The molecule has 1 saturated heterocycles. The van der Waals surface area contributed by atoms with Crippen LogP contribution >= 0.6 is 24.8 Å². The minimum atomic E-state index is 0. The van der Waals surface area contributed by atoms with Crippen LogP contribution in [-0.2, 0) is 0 Å². The van der Waals surface area contributed by atoms with Crippen LogP contribution in [0.2, 0.25) is 0 Å². The summed E-state index contributed by atoms with van der Waals surface area (Å²) >= 11 is 0. The first-order chi connectivity index (χ1) is 11.1. The predicted octanol–water partition coefficient (Wildman–Crippen LogP) is 3.64. The first kappa shape index (κ1) is 24.1. The van der Waals surface area contributed by atoms with Gasteiger partial charge < -0.3 is 19.9 Å². The summed E-state index contributed by atoms with van der Waals surface area (Å²) < 4.78 is 10.7. The Morgan fingerprint density at radius 3 is 2.00 bits per heavy atom. The predicted molar refractivity (Wildman–Crippen MR) is 107 cm³/mol. The van der Waals surface area contributed by atoms with Crippen LogP contribution in [0.4, 0.5) is 0 Å². The normalized spacial score (nSPS) is 15.9. The summed E-state index contributed by atoms with van der Waals surface area (Å²) in [5.41, 5.74) is 1.15.